The number of anilines is 1. The molecular weight excluding hydrogens is 266 g/mol. The van der Waals surface area contributed by atoms with Crippen LogP contribution in [-0.4, -0.2) is 23.6 Å². The van der Waals surface area contributed by atoms with Crippen molar-refractivity contribution in [1.82, 2.24) is 9.97 Å². The molecule has 4 heteroatoms. The molecule has 86 valence electrons. The largest absolute Gasteiger partial charge is 0.359 e. The Morgan fingerprint density at radius 1 is 1.31 bits per heavy atom. The SMILES string of the molecule is CN(CC1CC1)c1cc(Br)nc(C2CC2)n1. The average molecular weight is 282 g/mol. The third-order valence-corrected chi connectivity index (χ3v) is 3.67. The third-order valence-electron chi connectivity index (χ3n) is 3.26. The van der Waals surface area contributed by atoms with Crippen molar-refractivity contribution >= 4 is 21.7 Å². The molecule has 0 spiro atoms. The van der Waals surface area contributed by atoms with Gasteiger partial charge in [-0.15, -0.1) is 0 Å². The monoisotopic (exact) mass is 281 g/mol. The van der Waals surface area contributed by atoms with Gasteiger partial charge in [0.1, 0.15) is 16.2 Å². The highest BCUT2D eigenvalue weighted by Gasteiger charge is 2.28. The lowest BCUT2D eigenvalue weighted by Crippen LogP contribution is -2.21. The summed E-state index contributed by atoms with van der Waals surface area (Å²) in [7, 11) is 2.13. The van der Waals surface area contributed by atoms with E-state index in [4.69, 9.17) is 0 Å². The minimum Gasteiger partial charge on any atom is -0.359 e. The van der Waals surface area contributed by atoms with Gasteiger partial charge >= 0.3 is 0 Å². The maximum absolute atomic E-state index is 4.66. The second kappa shape index (κ2) is 3.99. The lowest BCUT2D eigenvalue weighted by atomic mass is 10.3. The zero-order valence-corrected chi connectivity index (χ0v) is 11.1. The van der Waals surface area contributed by atoms with Gasteiger partial charge in [-0.25, -0.2) is 9.97 Å². The number of hydrogen-bond acceptors (Lipinski definition) is 3. The van der Waals surface area contributed by atoms with Gasteiger partial charge in [0.15, 0.2) is 0 Å². The Labute approximate surface area is 104 Å². The van der Waals surface area contributed by atoms with Gasteiger partial charge in [0.05, 0.1) is 0 Å². The molecule has 0 saturated heterocycles. The Kier molecular flexibility index (Phi) is 2.62. The first-order chi connectivity index (χ1) is 7.72. The number of rotatable bonds is 4. The van der Waals surface area contributed by atoms with Crippen molar-refractivity contribution in [2.45, 2.75) is 31.6 Å². The molecule has 2 fully saturated rings. The van der Waals surface area contributed by atoms with Crippen molar-refractivity contribution in [3.8, 4) is 0 Å². The summed E-state index contributed by atoms with van der Waals surface area (Å²) in [6.45, 7) is 1.13. The van der Waals surface area contributed by atoms with Crippen LogP contribution in [0.2, 0.25) is 0 Å². The summed E-state index contributed by atoms with van der Waals surface area (Å²) in [5.74, 6) is 3.59. The molecule has 1 aromatic rings. The second-order valence-corrected chi connectivity index (χ2v) is 5.82. The van der Waals surface area contributed by atoms with E-state index in [0.29, 0.717) is 5.92 Å². The first kappa shape index (κ1) is 10.5. The molecule has 1 heterocycles. The maximum Gasteiger partial charge on any atom is 0.135 e. The van der Waals surface area contributed by atoms with Gasteiger partial charge in [-0.05, 0) is 47.5 Å². The Hall–Kier alpha value is -0.640. The normalized spacial score (nSPS) is 19.9. The fraction of sp³-hybridized carbons (Fsp3) is 0.667. The minimum atomic E-state index is 0.616. The van der Waals surface area contributed by atoms with Crippen molar-refractivity contribution in [2.24, 2.45) is 5.92 Å². The molecule has 0 atom stereocenters. The van der Waals surface area contributed by atoms with E-state index in [1.54, 1.807) is 0 Å². The van der Waals surface area contributed by atoms with Gasteiger partial charge < -0.3 is 4.90 Å². The number of halogens is 1. The Bertz CT molecular complexity index is 399. The smallest absolute Gasteiger partial charge is 0.135 e. The van der Waals surface area contributed by atoms with Crippen molar-refractivity contribution < 1.29 is 0 Å². The standard InChI is InChI=1S/C12H16BrN3/c1-16(7-8-2-3-8)11-6-10(13)14-12(15-11)9-4-5-9/h6,8-9H,2-5,7H2,1H3. The van der Waals surface area contributed by atoms with Gasteiger partial charge in [0.25, 0.3) is 0 Å². The molecule has 0 aliphatic heterocycles. The molecule has 0 unspecified atom stereocenters. The van der Waals surface area contributed by atoms with Gasteiger partial charge in [0.2, 0.25) is 0 Å². The third kappa shape index (κ3) is 2.37. The number of hydrogen-bond donors (Lipinski definition) is 0. The molecular formula is C12H16BrN3. The molecule has 16 heavy (non-hydrogen) atoms. The molecule has 2 aliphatic rings. The fourth-order valence-electron chi connectivity index (χ4n) is 1.92. The predicted molar refractivity (Wildman–Crippen MR) is 67.7 cm³/mol. The van der Waals surface area contributed by atoms with Crippen LogP contribution in [0.4, 0.5) is 5.82 Å². The van der Waals surface area contributed by atoms with Gasteiger partial charge in [-0.3, -0.25) is 0 Å². The van der Waals surface area contributed by atoms with Crippen LogP contribution < -0.4 is 4.90 Å². The zero-order valence-electron chi connectivity index (χ0n) is 9.49. The van der Waals surface area contributed by atoms with Crippen LogP contribution in [0.5, 0.6) is 0 Å². The highest BCUT2D eigenvalue weighted by atomic mass is 79.9. The summed E-state index contributed by atoms with van der Waals surface area (Å²) in [6, 6.07) is 2.02. The first-order valence-electron chi connectivity index (χ1n) is 5.98. The summed E-state index contributed by atoms with van der Waals surface area (Å²) in [5, 5.41) is 0. The summed E-state index contributed by atoms with van der Waals surface area (Å²) in [4.78, 5) is 11.4. The van der Waals surface area contributed by atoms with E-state index >= 15 is 0 Å². The molecule has 3 rings (SSSR count). The van der Waals surface area contributed by atoms with Crippen LogP contribution in [-0.2, 0) is 0 Å². The predicted octanol–water partition coefficient (Wildman–Crippen LogP) is 2.96. The van der Waals surface area contributed by atoms with Crippen LogP contribution in [0.15, 0.2) is 10.7 Å². The lowest BCUT2D eigenvalue weighted by molar-refractivity contribution is 0.766. The van der Waals surface area contributed by atoms with Crippen molar-refractivity contribution in [3.05, 3.63) is 16.5 Å². The van der Waals surface area contributed by atoms with Crippen LogP contribution >= 0.6 is 15.9 Å². The number of aromatic nitrogens is 2. The molecule has 0 bridgehead atoms. The average Bonchev–Trinajstić information content (AvgIpc) is 3.11. The van der Waals surface area contributed by atoms with Crippen LogP contribution in [0.1, 0.15) is 37.4 Å². The summed E-state index contributed by atoms with van der Waals surface area (Å²) < 4.78 is 0.919. The van der Waals surface area contributed by atoms with Crippen molar-refractivity contribution in [2.75, 3.05) is 18.5 Å². The fourth-order valence-corrected chi connectivity index (χ4v) is 2.31. The van der Waals surface area contributed by atoms with Crippen LogP contribution in [0.3, 0.4) is 0 Å². The lowest BCUT2D eigenvalue weighted by Gasteiger charge is -2.18. The van der Waals surface area contributed by atoms with Crippen LogP contribution in [0.25, 0.3) is 0 Å². The van der Waals surface area contributed by atoms with Crippen molar-refractivity contribution in [3.63, 3.8) is 0 Å². The summed E-state index contributed by atoms with van der Waals surface area (Å²) in [5.41, 5.74) is 0. The molecule has 1 aromatic heterocycles. The molecule has 0 radical (unpaired) electrons. The first-order valence-corrected chi connectivity index (χ1v) is 6.77. The quantitative estimate of drug-likeness (QED) is 0.795. The van der Waals surface area contributed by atoms with E-state index in [0.717, 1.165) is 28.7 Å². The van der Waals surface area contributed by atoms with E-state index in [-0.39, 0.29) is 0 Å². The highest BCUT2D eigenvalue weighted by Crippen LogP contribution is 2.39. The molecule has 0 amide bonds. The highest BCUT2D eigenvalue weighted by molar-refractivity contribution is 9.10. The second-order valence-electron chi connectivity index (χ2n) is 5.01. The van der Waals surface area contributed by atoms with Gasteiger partial charge in [-0.2, -0.15) is 0 Å². The molecule has 0 N–H and O–H groups in total. The molecule has 2 saturated carbocycles. The van der Waals surface area contributed by atoms with Gasteiger partial charge in [0, 0.05) is 25.6 Å². The van der Waals surface area contributed by atoms with E-state index in [1.807, 2.05) is 6.07 Å². The van der Waals surface area contributed by atoms with Gasteiger partial charge in [-0.1, -0.05) is 0 Å². The van der Waals surface area contributed by atoms with E-state index in [1.165, 1.54) is 25.7 Å². The summed E-state index contributed by atoms with van der Waals surface area (Å²) in [6.07, 6.45) is 5.27. The zero-order chi connectivity index (χ0) is 11.1. The minimum absolute atomic E-state index is 0.616. The molecule has 0 aromatic carbocycles. The van der Waals surface area contributed by atoms with E-state index in [9.17, 15) is 0 Å². The summed E-state index contributed by atoms with van der Waals surface area (Å²) >= 11 is 3.48. The van der Waals surface area contributed by atoms with E-state index in [2.05, 4.69) is 37.8 Å². The Morgan fingerprint density at radius 2 is 2.06 bits per heavy atom. The topological polar surface area (TPSA) is 29.0 Å². The Balaban J connectivity index is 1.80. The molecule has 3 nitrogen and oxygen atoms in total. The van der Waals surface area contributed by atoms with E-state index < -0.39 is 0 Å². The maximum atomic E-state index is 4.66. The Morgan fingerprint density at radius 3 is 2.69 bits per heavy atom. The number of nitrogens with zero attached hydrogens (tertiary/aromatic N) is 3. The van der Waals surface area contributed by atoms with Crippen molar-refractivity contribution in [1.29, 1.82) is 0 Å². The van der Waals surface area contributed by atoms with Crippen LogP contribution in [0, 0.1) is 5.92 Å². The molecule has 2 aliphatic carbocycles.